The van der Waals surface area contributed by atoms with Crippen molar-refractivity contribution in [3.63, 3.8) is 0 Å². The normalized spacial score (nSPS) is 39.7. The lowest BCUT2D eigenvalue weighted by atomic mass is 10.0. The minimum atomic E-state index is -1.86. The average molecular weight is 914 g/mol. The Bertz CT molecular complexity index is 1830. The summed E-state index contributed by atoms with van der Waals surface area (Å²) in [4.78, 5) is 40.4. The topological polar surface area (TPSA) is 266 Å². The van der Waals surface area contributed by atoms with Crippen LogP contribution in [0.4, 0.5) is 0 Å². The number of ketones is 1. The number of Topliss-reactive ketones (excluding diaryl/α,β-unsaturated/α-hetero) is 1. The predicted molar refractivity (Wildman–Crippen MR) is 221 cm³/mol. The van der Waals surface area contributed by atoms with Gasteiger partial charge in [-0.1, -0.05) is 72.4 Å². The molecule has 62 heavy (non-hydrogen) atoms. The van der Waals surface area contributed by atoms with Crippen molar-refractivity contribution in [2.75, 3.05) is 20.3 Å². The molecule has 0 aromatic carbocycles. The molecule has 5 fully saturated rings. The number of aliphatic hydroxyl groups excluding tert-OH is 6. The summed E-state index contributed by atoms with van der Waals surface area (Å²) < 4.78 is 39.5. The zero-order valence-electron chi connectivity index (χ0n) is 34.1. The molecule has 5 heterocycles. The minimum absolute atomic E-state index is 0.0647. The number of ether oxygens (including phenoxy) is 7. The van der Waals surface area contributed by atoms with Crippen LogP contribution in [0.2, 0.25) is 0 Å². The number of likely N-dealkylation sites (tertiary alicyclic amines) is 1. The molecule has 0 bridgehead atoms. The lowest BCUT2D eigenvalue weighted by molar-refractivity contribution is -0.338. The maximum absolute atomic E-state index is 13.9. The van der Waals surface area contributed by atoms with Crippen molar-refractivity contribution in [3.8, 4) is 0 Å². The zero-order valence-corrected chi connectivity index (χ0v) is 35.6. The number of amides is 2. The maximum Gasteiger partial charge on any atom is 0.264 e. The van der Waals surface area contributed by atoms with Gasteiger partial charge < -0.3 is 69.5 Å². The van der Waals surface area contributed by atoms with Crippen LogP contribution in [0.5, 0.6) is 0 Å². The second-order valence-corrected chi connectivity index (χ2v) is 16.1. The van der Waals surface area contributed by atoms with Crippen LogP contribution < -0.4 is 5.73 Å². The molecule has 8 N–H and O–H groups in total. The molecule has 5 aliphatic rings. The number of carbonyl (C=O) groups excluding carboxylic acids is 3. The van der Waals surface area contributed by atoms with Crippen molar-refractivity contribution >= 4 is 40.8 Å². The fourth-order valence-corrected chi connectivity index (χ4v) is 7.88. The summed E-state index contributed by atoms with van der Waals surface area (Å²) in [5.74, 6) is -3.84. The molecule has 5 aliphatic heterocycles. The summed E-state index contributed by atoms with van der Waals surface area (Å²) in [6, 6.07) is -1.63. The molecule has 20 heteroatoms. The quantitative estimate of drug-likeness (QED) is 0.0370. The predicted octanol–water partition coefficient (Wildman–Crippen LogP) is 0.746. The van der Waals surface area contributed by atoms with Gasteiger partial charge in [-0.15, -0.1) is 11.6 Å². The number of methoxy groups -OCH3 is 1. The molecule has 2 amide bonds. The number of hydrogen-bond acceptors (Lipinski definition) is 16. The van der Waals surface area contributed by atoms with Crippen LogP contribution in [0.3, 0.4) is 0 Å². The Morgan fingerprint density at radius 1 is 0.839 bits per heavy atom. The summed E-state index contributed by atoms with van der Waals surface area (Å²) in [6.07, 6.45) is 4.23. The van der Waals surface area contributed by atoms with Gasteiger partial charge in [0.25, 0.3) is 5.91 Å². The number of primary amides is 1. The number of halogens is 2. The third-order valence-corrected chi connectivity index (χ3v) is 11.3. The first-order chi connectivity index (χ1) is 29.5. The molecule has 0 aromatic rings. The molecule has 18 nitrogen and oxygen atoms in total. The first-order valence-electron chi connectivity index (χ1n) is 19.9. The molecule has 0 radical (unpaired) electrons. The van der Waals surface area contributed by atoms with E-state index in [0.717, 1.165) is 17.4 Å². The highest BCUT2D eigenvalue weighted by molar-refractivity contribution is 6.31. The van der Waals surface area contributed by atoms with Crippen LogP contribution in [-0.2, 0) is 47.5 Å². The summed E-state index contributed by atoms with van der Waals surface area (Å²) >= 11 is 12.5. The van der Waals surface area contributed by atoms with Gasteiger partial charge in [-0.3, -0.25) is 19.3 Å². The van der Waals surface area contributed by atoms with Crippen molar-refractivity contribution in [3.05, 3.63) is 95.4 Å². The molecule has 342 valence electrons. The first-order valence-corrected chi connectivity index (χ1v) is 20.7. The Balaban J connectivity index is 1.22. The fraction of sp³-hybridized carbons (Fsp3) is 0.548. The highest BCUT2D eigenvalue weighted by Gasteiger charge is 2.56. The molecule has 0 aliphatic carbocycles. The highest BCUT2D eigenvalue weighted by atomic mass is 35.5. The molecular formula is C42H54Cl2N2O16. The lowest BCUT2D eigenvalue weighted by Gasteiger charge is -2.46. The van der Waals surface area contributed by atoms with Gasteiger partial charge in [0.1, 0.15) is 66.2 Å². The van der Waals surface area contributed by atoms with Gasteiger partial charge in [0.05, 0.1) is 43.3 Å². The SMILES string of the molecule is CO[C@@H]1[C@H](O[C@@H]2CO[C@@H](O[C@@H]3[C@@H](O)[C@H](O)CO[C@H]3N3C(=O)/C(=C(O)/C=C/C=C/C=C/C=C/C=C(Cl)/C=C/C=C/[C@H]4O[C@H](C)C[C@@H]4Cl)C(=O)[C@@H]3CC(N)=O)[C@@H](O)[C@@H]2O)O[C@H](C)[C@H]1O. The van der Waals surface area contributed by atoms with Crippen LogP contribution >= 0.6 is 23.2 Å². The van der Waals surface area contributed by atoms with Crippen molar-refractivity contribution in [1.29, 1.82) is 0 Å². The Morgan fingerprint density at radius 2 is 1.52 bits per heavy atom. The van der Waals surface area contributed by atoms with Crippen molar-refractivity contribution in [2.24, 2.45) is 5.73 Å². The van der Waals surface area contributed by atoms with E-state index in [1.807, 2.05) is 19.1 Å². The van der Waals surface area contributed by atoms with Gasteiger partial charge in [0.2, 0.25) is 5.91 Å². The standard InChI is InChI=1S/C42H54Cl2N2O16/c1-21-17-24(44)28(59-21)16-12-11-14-23(43)13-9-7-5-4-6-8-10-15-26(47)31-33(51)25(18-30(45)49)46(39(31)55)40-37(34(52)27(48)19-57-40)62-41-36(54)35(53)29(20-58-41)61-42-38(56-3)32(50)22(2)60-42/h4-16,21-22,24-25,27-29,32,34-38,40-42,47-48,50,52-54H,17-20H2,1-3H3,(H2,45,49)/b5-4+,8-6+,9-7+,14-11+,15-10+,16-12+,23-13-,31-26-/t21-,22-,24+,25+,27-,28-,29-,32-,34+,35-,36+,37-,38+,40-,41+,42+/m1/s1. The molecule has 5 rings (SSSR count). The summed E-state index contributed by atoms with van der Waals surface area (Å²) in [6.45, 7) is 2.61. The van der Waals surface area contributed by atoms with E-state index >= 15 is 0 Å². The molecule has 0 aromatic heterocycles. The van der Waals surface area contributed by atoms with Gasteiger partial charge in [-0.2, -0.15) is 0 Å². The van der Waals surface area contributed by atoms with Gasteiger partial charge in [0.15, 0.2) is 24.6 Å². The molecule has 0 saturated carbocycles. The number of nitrogens with two attached hydrogens (primary N) is 1. The van der Waals surface area contributed by atoms with Crippen molar-refractivity contribution < 1.29 is 78.2 Å². The number of hydrogen-bond donors (Lipinski definition) is 7. The Morgan fingerprint density at radius 3 is 2.18 bits per heavy atom. The molecule has 0 unspecified atom stereocenters. The summed E-state index contributed by atoms with van der Waals surface area (Å²) in [5.41, 5.74) is 4.72. The van der Waals surface area contributed by atoms with Crippen LogP contribution in [0, 0.1) is 0 Å². The largest absolute Gasteiger partial charge is 0.507 e. The van der Waals surface area contributed by atoms with Gasteiger partial charge in [-0.05, 0) is 38.5 Å². The van der Waals surface area contributed by atoms with Gasteiger partial charge in [-0.25, -0.2) is 0 Å². The highest BCUT2D eigenvalue weighted by Crippen LogP contribution is 2.35. The van der Waals surface area contributed by atoms with E-state index in [1.165, 1.54) is 19.3 Å². The number of allylic oxidation sites excluding steroid dienone is 13. The van der Waals surface area contributed by atoms with Crippen LogP contribution in [0.1, 0.15) is 26.7 Å². The number of carbonyl (C=O) groups is 3. The molecule has 5 saturated heterocycles. The monoisotopic (exact) mass is 912 g/mol. The second kappa shape index (κ2) is 22.9. The van der Waals surface area contributed by atoms with Crippen LogP contribution in [0.25, 0.3) is 0 Å². The fourth-order valence-electron chi connectivity index (χ4n) is 7.34. The van der Waals surface area contributed by atoms with Crippen molar-refractivity contribution in [1.82, 2.24) is 4.90 Å². The van der Waals surface area contributed by atoms with Gasteiger partial charge in [0, 0.05) is 12.1 Å². The van der Waals surface area contributed by atoms with E-state index in [-0.39, 0.29) is 17.6 Å². The van der Waals surface area contributed by atoms with E-state index in [9.17, 15) is 45.0 Å². The van der Waals surface area contributed by atoms with E-state index < -0.39 is 128 Å². The lowest BCUT2D eigenvalue weighted by Crippen LogP contribution is -2.65. The van der Waals surface area contributed by atoms with Crippen LogP contribution in [0.15, 0.2) is 95.4 Å². The summed E-state index contributed by atoms with van der Waals surface area (Å²) in [7, 11) is 1.34. The van der Waals surface area contributed by atoms with E-state index in [0.29, 0.717) is 5.03 Å². The van der Waals surface area contributed by atoms with Gasteiger partial charge >= 0.3 is 0 Å². The maximum atomic E-state index is 13.9. The number of alkyl halides is 1. The average Bonchev–Trinajstić information content (AvgIpc) is 3.79. The number of nitrogens with zero attached hydrogens (tertiary/aromatic N) is 1. The number of rotatable bonds is 16. The third-order valence-electron chi connectivity index (χ3n) is 10.6. The van der Waals surface area contributed by atoms with E-state index in [2.05, 4.69) is 0 Å². The Kier molecular flexibility index (Phi) is 18.2. The number of aliphatic hydroxyl groups is 6. The van der Waals surface area contributed by atoms with Crippen LogP contribution in [-0.4, -0.2) is 171 Å². The van der Waals surface area contributed by atoms with E-state index in [1.54, 1.807) is 55.5 Å². The second-order valence-electron chi connectivity index (χ2n) is 15.1. The van der Waals surface area contributed by atoms with E-state index in [4.69, 9.17) is 62.1 Å². The summed E-state index contributed by atoms with van der Waals surface area (Å²) in [5, 5.41) is 65.2. The Labute approximate surface area is 368 Å². The molecule has 0 spiro atoms. The first kappa shape index (κ1) is 49.4. The minimum Gasteiger partial charge on any atom is -0.507 e. The zero-order chi connectivity index (χ0) is 45.2. The Hall–Kier alpha value is -3.57. The molecular weight excluding hydrogens is 859 g/mol. The third kappa shape index (κ3) is 12.2. The van der Waals surface area contributed by atoms with Crippen molar-refractivity contribution in [2.45, 2.75) is 124 Å². The molecule has 16 atom stereocenters. The smallest absolute Gasteiger partial charge is 0.264 e.